The van der Waals surface area contributed by atoms with E-state index in [1.54, 1.807) is 29.7 Å². The van der Waals surface area contributed by atoms with E-state index in [-0.39, 0.29) is 5.82 Å². The van der Waals surface area contributed by atoms with Crippen molar-refractivity contribution in [2.45, 2.75) is 20.0 Å². The first-order valence-corrected chi connectivity index (χ1v) is 7.92. The number of thiazole rings is 1. The molecule has 0 saturated heterocycles. The lowest BCUT2D eigenvalue weighted by Gasteiger charge is -2.05. The Morgan fingerprint density at radius 1 is 1.14 bits per heavy atom. The first kappa shape index (κ1) is 14.8. The van der Waals surface area contributed by atoms with Gasteiger partial charge in [0.25, 0.3) is 0 Å². The van der Waals surface area contributed by atoms with Crippen molar-refractivity contribution in [2.24, 2.45) is 0 Å². The number of hydrogen-bond donors (Lipinski definition) is 1. The van der Waals surface area contributed by atoms with Gasteiger partial charge in [0.15, 0.2) is 0 Å². The zero-order valence-electron chi connectivity index (χ0n) is 12.2. The molecule has 2 aromatic heterocycles. The Morgan fingerprint density at radius 2 is 1.95 bits per heavy atom. The van der Waals surface area contributed by atoms with E-state index in [1.807, 2.05) is 18.4 Å². The minimum absolute atomic E-state index is 0.228. The zero-order chi connectivity index (χ0) is 15.4. The number of hydrogen-bond acceptors (Lipinski definition) is 4. The number of halogens is 1. The van der Waals surface area contributed by atoms with Crippen molar-refractivity contribution >= 4 is 11.3 Å². The van der Waals surface area contributed by atoms with E-state index in [9.17, 15) is 4.39 Å². The fourth-order valence-electron chi connectivity index (χ4n) is 2.14. The molecule has 0 unspecified atom stereocenters. The van der Waals surface area contributed by atoms with Gasteiger partial charge in [-0.25, -0.2) is 9.37 Å². The predicted octanol–water partition coefficient (Wildman–Crippen LogP) is 3.94. The van der Waals surface area contributed by atoms with Gasteiger partial charge in [-0.1, -0.05) is 6.07 Å². The molecule has 112 valence electrons. The fraction of sp³-hybridized carbons (Fsp3) is 0.176. The highest BCUT2D eigenvalue weighted by atomic mass is 32.1. The molecule has 3 rings (SSSR count). The SMILES string of the molecule is Cc1ncccc1CNCc1csc(-c2ccc(F)cc2)n1. The maximum atomic E-state index is 12.9. The van der Waals surface area contributed by atoms with Crippen molar-refractivity contribution < 1.29 is 4.39 Å². The highest BCUT2D eigenvalue weighted by molar-refractivity contribution is 7.13. The third-order valence-corrected chi connectivity index (χ3v) is 4.32. The van der Waals surface area contributed by atoms with Gasteiger partial charge >= 0.3 is 0 Å². The van der Waals surface area contributed by atoms with Crippen molar-refractivity contribution in [1.82, 2.24) is 15.3 Å². The van der Waals surface area contributed by atoms with E-state index in [0.29, 0.717) is 6.54 Å². The fourth-order valence-corrected chi connectivity index (χ4v) is 2.97. The number of nitrogens with one attached hydrogen (secondary N) is 1. The van der Waals surface area contributed by atoms with Crippen molar-refractivity contribution in [1.29, 1.82) is 0 Å². The van der Waals surface area contributed by atoms with Gasteiger partial charge in [-0.3, -0.25) is 4.98 Å². The maximum Gasteiger partial charge on any atom is 0.123 e. The predicted molar refractivity (Wildman–Crippen MR) is 87.0 cm³/mol. The molecule has 3 aromatic rings. The van der Waals surface area contributed by atoms with Crippen molar-refractivity contribution in [3.05, 3.63) is 70.7 Å². The molecule has 0 bridgehead atoms. The molecule has 0 atom stereocenters. The second kappa shape index (κ2) is 6.77. The molecule has 2 heterocycles. The summed E-state index contributed by atoms with van der Waals surface area (Å²) in [5.74, 6) is -0.228. The summed E-state index contributed by atoms with van der Waals surface area (Å²) in [7, 11) is 0. The Labute approximate surface area is 132 Å². The largest absolute Gasteiger partial charge is 0.307 e. The minimum atomic E-state index is -0.228. The average Bonchev–Trinajstić information content (AvgIpc) is 2.99. The van der Waals surface area contributed by atoms with Gasteiger partial charge in [0.1, 0.15) is 10.8 Å². The molecule has 5 heteroatoms. The van der Waals surface area contributed by atoms with Gasteiger partial charge < -0.3 is 5.32 Å². The van der Waals surface area contributed by atoms with Crippen molar-refractivity contribution in [2.75, 3.05) is 0 Å². The first-order chi connectivity index (χ1) is 10.7. The summed E-state index contributed by atoms with van der Waals surface area (Å²) >= 11 is 1.57. The lowest BCUT2D eigenvalue weighted by atomic mass is 10.2. The smallest absolute Gasteiger partial charge is 0.123 e. The Bertz CT molecular complexity index is 753. The first-order valence-electron chi connectivity index (χ1n) is 7.04. The van der Waals surface area contributed by atoms with Gasteiger partial charge in [0, 0.05) is 35.9 Å². The van der Waals surface area contributed by atoms with Crippen LogP contribution in [0.5, 0.6) is 0 Å². The van der Waals surface area contributed by atoms with Crippen molar-refractivity contribution in [3.8, 4) is 10.6 Å². The van der Waals surface area contributed by atoms with E-state index in [1.165, 1.54) is 17.7 Å². The second-order valence-electron chi connectivity index (χ2n) is 5.00. The molecule has 0 saturated carbocycles. The van der Waals surface area contributed by atoms with Gasteiger partial charge in [-0.15, -0.1) is 11.3 Å². The zero-order valence-corrected chi connectivity index (χ0v) is 13.0. The molecule has 0 amide bonds. The lowest BCUT2D eigenvalue weighted by Crippen LogP contribution is -2.14. The molecular formula is C17H16FN3S. The van der Waals surface area contributed by atoms with E-state index >= 15 is 0 Å². The highest BCUT2D eigenvalue weighted by Crippen LogP contribution is 2.23. The third-order valence-electron chi connectivity index (χ3n) is 3.38. The van der Waals surface area contributed by atoms with Crippen LogP contribution in [0.3, 0.4) is 0 Å². The molecule has 3 nitrogen and oxygen atoms in total. The average molecular weight is 313 g/mol. The standard InChI is InChI=1S/C17H16FN3S/c1-12-14(3-2-8-20-12)9-19-10-16-11-22-17(21-16)13-4-6-15(18)7-5-13/h2-8,11,19H,9-10H2,1H3. The topological polar surface area (TPSA) is 37.8 Å². The molecule has 0 spiro atoms. The summed E-state index contributed by atoms with van der Waals surface area (Å²) in [6, 6.07) is 10.4. The number of aryl methyl sites for hydroxylation is 1. The Hall–Kier alpha value is -2.11. The van der Waals surface area contributed by atoms with Crippen LogP contribution < -0.4 is 5.32 Å². The Balaban J connectivity index is 1.60. The highest BCUT2D eigenvalue weighted by Gasteiger charge is 2.05. The van der Waals surface area contributed by atoms with Crippen LogP contribution in [0.25, 0.3) is 10.6 Å². The van der Waals surface area contributed by atoms with Gasteiger partial charge in [0.05, 0.1) is 5.69 Å². The number of benzene rings is 1. The van der Waals surface area contributed by atoms with Gasteiger partial charge in [-0.2, -0.15) is 0 Å². The monoisotopic (exact) mass is 313 g/mol. The minimum Gasteiger partial charge on any atom is -0.307 e. The normalized spacial score (nSPS) is 10.8. The molecule has 0 aliphatic rings. The molecule has 0 fully saturated rings. The maximum absolute atomic E-state index is 12.9. The third kappa shape index (κ3) is 3.55. The summed E-state index contributed by atoms with van der Waals surface area (Å²) in [6.45, 7) is 3.47. The molecule has 22 heavy (non-hydrogen) atoms. The van der Waals surface area contributed by atoms with E-state index < -0.39 is 0 Å². The van der Waals surface area contributed by atoms with Crippen LogP contribution >= 0.6 is 11.3 Å². The second-order valence-corrected chi connectivity index (χ2v) is 5.86. The van der Waals surface area contributed by atoms with Gasteiger partial charge in [-0.05, 0) is 42.8 Å². The summed E-state index contributed by atoms with van der Waals surface area (Å²) in [4.78, 5) is 8.85. The van der Waals surface area contributed by atoms with E-state index in [0.717, 1.165) is 28.5 Å². The van der Waals surface area contributed by atoms with Gasteiger partial charge in [0.2, 0.25) is 0 Å². The van der Waals surface area contributed by atoms with Crippen LogP contribution in [0.2, 0.25) is 0 Å². The van der Waals surface area contributed by atoms with Crippen LogP contribution in [0.4, 0.5) is 4.39 Å². The van der Waals surface area contributed by atoms with Crippen LogP contribution in [0.15, 0.2) is 48.0 Å². The number of pyridine rings is 1. The number of rotatable bonds is 5. The summed E-state index contributed by atoms with van der Waals surface area (Å²) in [5, 5.41) is 6.32. The van der Waals surface area contributed by atoms with Crippen LogP contribution in [-0.2, 0) is 13.1 Å². The van der Waals surface area contributed by atoms with E-state index in [4.69, 9.17) is 0 Å². The lowest BCUT2D eigenvalue weighted by molar-refractivity contribution is 0.628. The van der Waals surface area contributed by atoms with E-state index in [2.05, 4.69) is 21.4 Å². The summed E-state index contributed by atoms with van der Waals surface area (Å²) in [6.07, 6.45) is 1.80. The summed E-state index contributed by atoms with van der Waals surface area (Å²) < 4.78 is 12.9. The summed E-state index contributed by atoms with van der Waals surface area (Å²) in [5.41, 5.74) is 4.17. The van der Waals surface area contributed by atoms with Crippen molar-refractivity contribution in [3.63, 3.8) is 0 Å². The number of nitrogens with zero attached hydrogens (tertiary/aromatic N) is 2. The Morgan fingerprint density at radius 3 is 2.73 bits per heavy atom. The van der Waals surface area contributed by atoms with Crippen LogP contribution in [0.1, 0.15) is 17.0 Å². The quantitative estimate of drug-likeness (QED) is 0.775. The number of aromatic nitrogens is 2. The molecule has 1 aromatic carbocycles. The molecule has 1 N–H and O–H groups in total. The van der Waals surface area contributed by atoms with Crippen LogP contribution in [-0.4, -0.2) is 9.97 Å². The molecule has 0 radical (unpaired) electrons. The van der Waals surface area contributed by atoms with Crippen LogP contribution in [0, 0.1) is 12.7 Å². The molecule has 0 aliphatic heterocycles. The Kier molecular flexibility index (Phi) is 4.56. The molecule has 0 aliphatic carbocycles. The molecular weight excluding hydrogens is 297 g/mol.